The van der Waals surface area contributed by atoms with Crippen LogP contribution in [-0.4, -0.2) is 30.0 Å². The number of nitro groups is 1. The van der Waals surface area contributed by atoms with E-state index in [1.54, 1.807) is 18.2 Å². The molecule has 1 aliphatic rings. The number of carbonyl (C=O) groups excluding carboxylic acids is 1. The van der Waals surface area contributed by atoms with Gasteiger partial charge in [-0.3, -0.25) is 14.9 Å². The van der Waals surface area contributed by atoms with Gasteiger partial charge in [0.05, 0.1) is 11.5 Å². The van der Waals surface area contributed by atoms with Gasteiger partial charge in [0.2, 0.25) is 5.91 Å². The summed E-state index contributed by atoms with van der Waals surface area (Å²) in [5.41, 5.74) is 0.813. The summed E-state index contributed by atoms with van der Waals surface area (Å²) in [7, 11) is 0. The SMILES string of the molecule is C=CCN(CC(=O)NC1CCCCC1)c1ccc([N+](=O)[O-])cc1. The highest BCUT2D eigenvalue weighted by Gasteiger charge is 2.18. The second-order valence-electron chi connectivity index (χ2n) is 5.85. The summed E-state index contributed by atoms with van der Waals surface area (Å²) in [5, 5.41) is 13.8. The normalized spacial score (nSPS) is 15.0. The van der Waals surface area contributed by atoms with Crippen LogP contribution in [0.25, 0.3) is 0 Å². The second kappa shape index (κ2) is 8.31. The van der Waals surface area contributed by atoms with Crippen LogP contribution in [0.4, 0.5) is 11.4 Å². The van der Waals surface area contributed by atoms with Crippen molar-refractivity contribution in [3.8, 4) is 0 Å². The van der Waals surface area contributed by atoms with Crippen LogP contribution in [0.2, 0.25) is 0 Å². The Balaban J connectivity index is 1.98. The van der Waals surface area contributed by atoms with Gasteiger partial charge in [0, 0.05) is 30.4 Å². The van der Waals surface area contributed by atoms with Crippen LogP contribution in [0.5, 0.6) is 0 Å². The molecule has 1 aromatic rings. The summed E-state index contributed by atoms with van der Waals surface area (Å²) >= 11 is 0. The molecule has 124 valence electrons. The molecule has 1 amide bonds. The van der Waals surface area contributed by atoms with Crippen molar-refractivity contribution in [3.63, 3.8) is 0 Å². The smallest absolute Gasteiger partial charge is 0.269 e. The van der Waals surface area contributed by atoms with Crippen molar-refractivity contribution in [1.29, 1.82) is 0 Å². The number of non-ortho nitro benzene ring substituents is 1. The predicted octanol–water partition coefficient (Wildman–Crippen LogP) is 3.04. The monoisotopic (exact) mass is 317 g/mol. The lowest BCUT2D eigenvalue weighted by Crippen LogP contribution is -2.43. The van der Waals surface area contributed by atoms with E-state index in [4.69, 9.17) is 0 Å². The van der Waals surface area contributed by atoms with Crippen molar-refractivity contribution in [1.82, 2.24) is 5.32 Å². The van der Waals surface area contributed by atoms with Gasteiger partial charge >= 0.3 is 0 Å². The van der Waals surface area contributed by atoms with E-state index in [-0.39, 0.29) is 24.2 Å². The Hall–Kier alpha value is -2.37. The fourth-order valence-corrected chi connectivity index (χ4v) is 2.90. The minimum atomic E-state index is -0.433. The highest BCUT2D eigenvalue weighted by atomic mass is 16.6. The Morgan fingerprint density at radius 1 is 1.30 bits per heavy atom. The number of nitro benzene ring substituents is 1. The topological polar surface area (TPSA) is 75.5 Å². The van der Waals surface area contributed by atoms with Gasteiger partial charge in [-0.1, -0.05) is 25.3 Å². The van der Waals surface area contributed by atoms with Gasteiger partial charge in [0.1, 0.15) is 0 Å². The highest BCUT2D eigenvalue weighted by molar-refractivity contribution is 5.81. The minimum absolute atomic E-state index is 0.0166. The molecule has 1 aromatic carbocycles. The maximum Gasteiger partial charge on any atom is 0.269 e. The molecule has 6 heteroatoms. The number of nitrogens with one attached hydrogen (secondary N) is 1. The van der Waals surface area contributed by atoms with E-state index in [1.807, 2.05) is 4.90 Å². The average molecular weight is 317 g/mol. The molecular formula is C17H23N3O3. The number of nitrogens with zero attached hydrogens (tertiary/aromatic N) is 2. The van der Waals surface area contributed by atoms with Crippen LogP contribution in [-0.2, 0) is 4.79 Å². The molecule has 0 radical (unpaired) electrons. The quantitative estimate of drug-likeness (QED) is 0.476. The molecule has 1 saturated carbocycles. The summed E-state index contributed by atoms with van der Waals surface area (Å²) < 4.78 is 0. The van der Waals surface area contributed by atoms with Gasteiger partial charge in [-0.15, -0.1) is 6.58 Å². The first-order valence-corrected chi connectivity index (χ1v) is 8.00. The van der Waals surface area contributed by atoms with E-state index in [2.05, 4.69) is 11.9 Å². The lowest BCUT2D eigenvalue weighted by molar-refractivity contribution is -0.384. The first kappa shape index (κ1) is 17.0. The largest absolute Gasteiger partial charge is 0.359 e. The summed E-state index contributed by atoms with van der Waals surface area (Å²) in [4.78, 5) is 24.4. The Labute approximate surface area is 136 Å². The predicted molar refractivity (Wildman–Crippen MR) is 90.5 cm³/mol. The van der Waals surface area contributed by atoms with Crippen LogP contribution in [0.1, 0.15) is 32.1 Å². The van der Waals surface area contributed by atoms with E-state index in [0.717, 1.165) is 18.5 Å². The number of hydrogen-bond donors (Lipinski definition) is 1. The van der Waals surface area contributed by atoms with Crippen molar-refractivity contribution in [2.45, 2.75) is 38.1 Å². The van der Waals surface area contributed by atoms with Crippen molar-refractivity contribution in [3.05, 3.63) is 47.0 Å². The van der Waals surface area contributed by atoms with Gasteiger partial charge in [-0.25, -0.2) is 0 Å². The van der Waals surface area contributed by atoms with Gasteiger partial charge < -0.3 is 10.2 Å². The molecule has 1 N–H and O–H groups in total. The maximum atomic E-state index is 12.2. The molecule has 0 saturated heterocycles. The molecule has 0 heterocycles. The zero-order valence-electron chi connectivity index (χ0n) is 13.2. The third-order valence-corrected chi connectivity index (χ3v) is 4.08. The standard InChI is InChI=1S/C17H23N3O3/c1-2-12-19(15-8-10-16(11-9-15)20(22)23)13-17(21)18-14-6-4-3-5-7-14/h2,8-11,14H,1,3-7,12-13H2,(H,18,21). The number of anilines is 1. The molecule has 6 nitrogen and oxygen atoms in total. The number of amides is 1. The molecule has 0 spiro atoms. The third-order valence-electron chi connectivity index (χ3n) is 4.08. The Morgan fingerprint density at radius 2 is 1.96 bits per heavy atom. The van der Waals surface area contributed by atoms with Crippen LogP contribution >= 0.6 is 0 Å². The van der Waals surface area contributed by atoms with Crippen LogP contribution in [0, 0.1) is 10.1 Å². The molecule has 0 bridgehead atoms. The molecule has 1 aliphatic carbocycles. The molecular weight excluding hydrogens is 294 g/mol. The van der Waals surface area contributed by atoms with Crippen molar-refractivity contribution < 1.29 is 9.72 Å². The fraction of sp³-hybridized carbons (Fsp3) is 0.471. The third kappa shape index (κ3) is 5.09. The number of carbonyl (C=O) groups is 1. The van der Waals surface area contributed by atoms with E-state index in [1.165, 1.54) is 31.4 Å². The van der Waals surface area contributed by atoms with Crippen LogP contribution in [0.15, 0.2) is 36.9 Å². The van der Waals surface area contributed by atoms with E-state index >= 15 is 0 Å². The van der Waals surface area contributed by atoms with E-state index < -0.39 is 4.92 Å². The Morgan fingerprint density at radius 3 is 2.52 bits per heavy atom. The summed E-state index contributed by atoms with van der Waals surface area (Å²) in [6.07, 6.45) is 7.40. The average Bonchev–Trinajstić information content (AvgIpc) is 2.55. The molecule has 23 heavy (non-hydrogen) atoms. The number of hydrogen-bond acceptors (Lipinski definition) is 4. The lowest BCUT2D eigenvalue weighted by Gasteiger charge is -2.26. The number of rotatable bonds is 7. The first-order valence-electron chi connectivity index (χ1n) is 8.00. The van der Waals surface area contributed by atoms with Crippen molar-refractivity contribution in [2.24, 2.45) is 0 Å². The van der Waals surface area contributed by atoms with Crippen molar-refractivity contribution >= 4 is 17.3 Å². The Bertz CT molecular complexity index is 551. The second-order valence-corrected chi connectivity index (χ2v) is 5.85. The van der Waals surface area contributed by atoms with E-state index in [0.29, 0.717) is 6.54 Å². The molecule has 0 aliphatic heterocycles. The molecule has 0 atom stereocenters. The van der Waals surface area contributed by atoms with Crippen LogP contribution < -0.4 is 10.2 Å². The minimum Gasteiger partial charge on any atom is -0.359 e. The fourth-order valence-electron chi connectivity index (χ4n) is 2.90. The highest BCUT2D eigenvalue weighted by Crippen LogP contribution is 2.20. The summed E-state index contributed by atoms with van der Waals surface area (Å²) in [6, 6.07) is 6.50. The molecule has 0 unspecified atom stereocenters. The first-order chi connectivity index (χ1) is 11.1. The van der Waals surface area contributed by atoms with Gasteiger partial charge in [0.25, 0.3) is 5.69 Å². The maximum absolute atomic E-state index is 12.2. The van der Waals surface area contributed by atoms with Gasteiger partial charge in [0.15, 0.2) is 0 Å². The lowest BCUT2D eigenvalue weighted by atomic mass is 9.95. The van der Waals surface area contributed by atoms with Gasteiger partial charge in [-0.05, 0) is 25.0 Å². The Kier molecular flexibility index (Phi) is 6.14. The molecule has 0 aromatic heterocycles. The summed E-state index contributed by atoms with van der Waals surface area (Å²) in [5.74, 6) is -0.0166. The molecule has 2 rings (SSSR count). The summed E-state index contributed by atoms with van der Waals surface area (Å²) in [6.45, 7) is 4.45. The van der Waals surface area contributed by atoms with Crippen LogP contribution in [0.3, 0.4) is 0 Å². The van der Waals surface area contributed by atoms with Crippen molar-refractivity contribution in [2.75, 3.05) is 18.0 Å². The zero-order chi connectivity index (χ0) is 16.7. The van der Waals surface area contributed by atoms with Gasteiger partial charge in [-0.2, -0.15) is 0 Å². The zero-order valence-corrected chi connectivity index (χ0v) is 13.2. The van der Waals surface area contributed by atoms with E-state index in [9.17, 15) is 14.9 Å². The number of benzene rings is 1. The molecule has 1 fully saturated rings.